The summed E-state index contributed by atoms with van der Waals surface area (Å²) in [6.07, 6.45) is 1.59. The maximum atomic E-state index is 13.0. The van der Waals surface area contributed by atoms with Gasteiger partial charge in [0.2, 0.25) is 0 Å². The number of urea groups is 1. The monoisotopic (exact) mass is 325 g/mol. The fourth-order valence-electron chi connectivity index (χ4n) is 1.80. The molecule has 0 aliphatic heterocycles. The Morgan fingerprint density at radius 1 is 1.30 bits per heavy atom. The molecule has 1 heterocycles. The van der Waals surface area contributed by atoms with Crippen LogP contribution in [-0.2, 0) is 13.1 Å². The van der Waals surface area contributed by atoms with Crippen LogP contribution in [0.25, 0.3) is 0 Å². The molecular weight excluding hydrogens is 308 g/mol. The first-order valence-electron chi connectivity index (χ1n) is 7.06. The van der Waals surface area contributed by atoms with Crippen molar-refractivity contribution in [2.75, 3.05) is 13.2 Å². The van der Waals surface area contributed by atoms with Crippen LogP contribution in [0, 0.1) is 11.6 Å². The van der Waals surface area contributed by atoms with Crippen LogP contribution in [0.5, 0.6) is 5.75 Å². The summed E-state index contributed by atoms with van der Waals surface area (Å²) >= 11 is 0. The second kappa shape index (κ2) is 8.06. The Labute approximate surface area is 131 Å². The number of carbonyl (C=O) groups excluding carboxylic acids is 1. The lowest BCUT2D eigenvalue weighted by Crippen LogP contribution is -2.37. The molecule has 7 nitrogen and oxygen atoms in total. The van der Waals surface area contributed by atoms with Crippen molar-refractivity contribution in [1.29, 1.82) is 0 Å². The number of halogens is 2. The van der Waals surface area contributed by atoms with Crippen molar-refractivity contribution >= 4 is 6.03 Å². The largest absolute Gasteiger partial charge is 0.492 e. The Bertz CT molecular complexity index is 662. The Balaban J connectivity index is 1.65. The van der Waals surface area contributed by atoms with Gasteiger partial charge in [0.15, 0.2) is 17.5 Å². The first-order chi connectivity index (χ1) is 11.1. The highest BCUT2D eigenvalue weighted by atomic mass is 19.2. The second-order valence-electron chi connectivity index (χ2n) is 4.57. The molecule has 0 spiro atoms. The molecular formula is C14H17F2N5O2. The van der Waals surface area contributed by atoms with Crippen molar-refractivity contribution in [3.05, 3.63) is 42.0 Å². The molecule has 124 valence electrons. The number of hydrogen-bond donors (Lipinski definition) is 2. The number of carbonyl (C=O) groups is 1. The number of rotatable bonds is 7. The quantitative estimate of drug-likeness (QED) is 0.755. The van der Waals surface area contributed by atoms with Gasteiger partial charge in [0.05, 0.1) is 13.1 Å². The molecule has 0 saturated carbocycles. The van der Waals surface area contributed by atoms with Crippen LogP contribution < -0.4 is 15.4 Å². The molecule has 1 aromatic carbocycles. The molecule has 2 aromatic rings. The molecule has 2 rings (SSSR count). The molecule has 0 radical (unpaired) electrons. The summed E-state index contributed by atoms with van der Waals surface area (Å²) in [7, 11) is 0. The molecule has 9 heteroatoms. The summed E-state index contributed by atoms with van der Waals surface area (Å²) in [6.45, 7) is 3.26. The normalized spacial score (nSPS) is 10.4. The third-order valence-corrected chi connectivity index (χ3v) is 2.99. The van der Waals surface area contributed by atoms with Crippen LogP contribution in [0.4, 0.5) is 13.6 Å². The molecule has 0 aliphatic rings. The predicted octanol–water partition coefficient (Wildman–Crippen LogP) is 1.45. The summed E-state index contributed by atoms with van der Waals surface area (Å²) in [6, 6.07) is 2.86. The molecule has 0 bridgehead atoms. The van der Waals surface area contributed by atoms with Crippen LogP contribution in [0.2, 0.25) is 0 Å². The van der Waals surface area contributed by atoms with Crippen LogP contribution in [-0.4, -0.2) is 33.9 Å². The van der Waals surface area contributed by atoms with Crippen molar-refractivity contribution in [3.63, 3.8) is 0 Å². The summed E-state index contributed by atoms with van der Waals surface area (Å²) < 4.78 is 32.7. The van der Waals surface area contributed by atoms with Gasteiger partial charge in [-0.3, -0.25) is 0 Å². The summed E-state index contributed by atoms with van der Waals surface area (Å²) in [5, 5.41) is 12.9. The van der Waals surface area contributed by atoms with Crippen molar-refractivity contribution in [2.45, 2.75) is 20.0 Å². The van der Waals surface area contributed by atoms with E-state index in [4.69, 9.17) is 4.74 Å². The molecule has 2 amide bonds. The van der Waals surface area contributed by atoms with Gasteiger partial charge in [0.1, 0.15) is 18.7 Å². The number of amides is 2. The van der Waals surface area contributed by atoms with Gasteiger partial charge in [-0.2, -0.15) is 0 Å². The van der Waals surface area contributed by atoms with Crippen molar-refractivity contribution in [1.82, 2.24) is 25.4 Å². The first-order valence-corrected chi connectivity index (χ1v) is 7.06. The molecule has 0 saturated heterocycles. The van der Waals surface area contributed by atoms with Gasteiger partial charge in [-0.05, 0) is 19.1 Å². The predicted molar refractivity (Wildman–Crippen MR) is 77.8 cm³/mol. The van der Waals surface area contributed by atoms with E-state index in [2.05, 4.69) is 20.8 Å². The van der Waals surface area contributed by atoms with Crippen LogP contribution in [0.1, 0.15) is 12.7 Å². The lowest BCUT2D eigenvalue weighted by molar-refractivity contribution is 0.235. The zero-order chi connectivity index (χ0) is 16.7. The smallest absolute Gasteiger partial charge is 0.315 e. The van der Waals surface area contributed by atoms with E-state index in [1.54, 1.807) is 6.33 Å². The number of hydrogen-bond acceptors (Lipinski definition) is 4. The fraction of sp³-hybridized carbons (Fsp3) is 0.357. The summed E-state index contributed by atoms with van der Waals surface area (Å²) in [5.74, 6) is -1.06. The zero-order valence-electron chi connectivity index (χ0n) is 12.6. The van der Waals surface area contributed by atoms with E-state index in [0.717, 1.165) is 12.1 Å². The maximum Gasteiger partial charge on any atom is 0.315 e. The van der Waals surface area contributed by atoms with Gasteiger partial charge >= 0.3 is 6.03 Å². The van der Waals surface area contributed by atoms with E-state index in [9.17, 15) is 13.6 Å². The highest BCUT2D eigenvalue weighted by Crippen LogP contribution is 2.14. The number of benzene rings is 1. The standard InChI is InChI=1S/C14H17F2N5O2/c1-2-21-9-19-20-13(21)8-18-14(22)17-5-6-23-10-3-4-11(15)12(16)7-10/h3-4,7,9H,2,5-6,8H2,1H3,(H2,17,18,22). The minimum atomic E-state index is -0.978. The van der Waals surface area contributed by atoms with Gasteiger partial charge in [0, 0.05) is 12.6 Å². The lowest BCUT2D eigenvalue weighted by atomic mass is 10.3. The van der Waals surface area contributed by atoms with E-state index in [1.165, 1.54) is 6.07 Å². The molecule has 0 atom stereocenters. The minimum absolute atomic E-state index is 0.129. The molecule has 0 unspecified atom stereocenters. The summed E-state index contributed by atoms with van der Waals surface area (Å²) in [4.78, 5) is 11.6. The number of aryl methyl sites for hydroxylation is 1. The van der Waals surface area contributed by atoms with E-state index in [1.807, 2.05) is 11.5 Å². The first kappa shape index (κ1) is 16.7. The highest BCUT2D eigenvalue weighted by Gasteiger charge is 2.06. The Kier molecular flexibility index (Phi) is 5.84. The molecule has 0 aliphatic carbocycles. The number of nitrogens with one attached hydrogen (secondary N) is 2. The average Bonchev–Trinajstić information content (AvgIpc) is 3.00. The Morgan fingerprint density at radius 3 is 2.87 bits per heavy atom. The number of ether oxygens (including phenoxy) is 1. The van der Waals surface area contributed by atoms with E-state index in [-0.39, 0.29) is 31.5 Å². The second-order valence-corrected chi connectivity index (χ2v) is 4.57. The average molecular weight is 325 g/mol. The van der Waals surface area contributed by atoms with Crippen molar-refractivity contribution in [3.8, 4) is 5.75 Å². The number of nitrogens with zero attached hydrogens (tertiary/aromatic N) is 3. The van der Waals surface area contributed by atoms with Crippen molar-refractivity contribution in [2.24, 2.45) is 0 Å². The van der Waals surface area contributed by atoms with E-state index >= 15 is 0 Å². The van der Waals surface area contributed by atoms with E-state index in [0.29, 0.717) is 12.4 Å². The number of aromatic nitrogens is 3. The zero-order valence-corrected chi connectivity index (χ0v) is 12.6. The highest BCUT2D eigenvalue weighted by molar-refractivity contribution is 5.73. The molecule has 2 N–H and O–H groups in total. The maximum absolute atomic E-state index is 13.0. The molecule has 23 heavy (non-hydrogen) atoms. The topological polar surface area (TPSA) is 81.1 Å². The van der Waals surface area contributed by atoms with Gasteiger partial charge in [-0.25, -0.2) is 13.6 Å². The van der Waals surface area contributed by atoms with Gasteiger partial charge in [-0.15, -0.1) is 10.2 Å². The lowest BCUT2D eigenvalue weighted by Gasteiger charge is -2.09. The fourth-order valence-corrected chi connectivity index (χ4v) is 1.80. The molecule has 0 fully saturated rings. The van der Waals surface area contributed by atoms with Crippen LogP contribution in [0.3, 0.4) is 0 Å². The molecule has 1 aromatic heterocycles. The van der Waals surface area contributed by atoms with Crippen molar-refractivity contribution < 1.29 is 18.3 Å². The van der Waals surface area contributed by atoms with Crippen LogP contribution >= 0.6 is 0 Å². The summed E-state index contributed by atoms with van der Waals surface area (Å²) in [5.41, 5.74) is 0. The van der Waals surface area contributed by atoms with E-state index < -0.39 is 11.6 Å². The van der Waals surface area contributed by atoms with Gasteiger partial charge < -0.3 is 19.9 Å². The van der Waals surface area contributed by atoms with Gasteiger partial charge in [-0.1, -0.05) is 0 Å². The van der Waals surface area contributed by atoms with Crippen LogP contribution in [0.15, 0.2) is 24.5 Å². The Morgan fingerprint density at radius 2 is 2.13 bits per heavy atom. The van der Waals surface area contributed by atoms with Gasteiger partial charge in [0.25, 0.3) is 0 Å². The minimum Gasteiger partial charge on any atom is -0.492 e. The Hall–Kier alpha value is -2.71. The third-order valence-electron chi connectivity index (χ3n) is 2.99. The SMILES string of the molecule is CCn1cnnc1CNC(=O)NCCOc1ccc(F)c(F)c1. The third kappa shape index (κ3) is 4.90.